The summed E-state index contributed by atoms with van der Waals surface area (Å²) in [6.07, 6.45) is 4.57. The highest BCUT2D eigenvalue weighted by molar-refractivity contribution is 9.10. The summed E-state index contributed by atoms with van der Waals surface area (Å²) in [5.74, 6) is 0.897. The molecule has 3 heteroatoms. The van der Waals surface area contributed by atoms with Crippen molar-refractivity contribution in [3.8, 4) is 5.75 Å². The minimum atomic E-state index is 0.203. The zero-order chi connectivity index (χ0) is 12.7. The smallest absolute Gasteiger partial charge is 0.119 e. The number of halogens is 1. The minimum absolute atomic E-state index is 0.203. The second kappa shape index (κ2) is 7.51. The Balaban J connectivity index is 2.68. The van der Waals surface area contributed by atoms with Gasteiger partial charge in [-0.25, -0.2) is 0 Å². The fourth-order valence-corrected chi connectivity index (χ4v) is 1.89. The number of benzene rings is 1. The molecule has 0 saturated heterocycles. The van der Waals surface area contributed by atoms with Gasteiger partial charge in [-0.05, 0) is 43.0 Å². The van der Waals surface area contributed by atoms with Crippen molar-refractivity contribution in [2.45, 2.75) is 32.2 Å². The maximum Gasteiger partial charge on any atom is 0.119 e. The molecule has 94 valence electrons. The van der Waals surface area contributed by atoms with Gasteiger partial charge < -0.3 is 10.5 Å². The van der Waals surface area contributed by atoms with Crippen LogP contribution in [0, 0.1) is 0 Å². The predicted molar refractivity (Wildman–Crippen MR) is 76.4 cm³/mol. The predicted octanol–water partition coefficient (Wildman–Crippen LogP) is 3.68. The van der Waals surface area contributed by atoms with Crippen molar-refractivity contribution in [1.82, 2.24) is 0 Å². The van der Waals surface area contributed by atoms with E-state index >= 15 is 0 Å². The molecule has 1 aromatic rings. The van der Waals surface area contributed by atoms with E-state index in [2.05, 4.69) is 35.5 Å². The average molecular weight is 298 g/mol. The average Bonchev–Trinajstić information content (AvgIpc) is 2.33. The molecule has 0 aliphatic rings. The van der Waals surface area contributed by atoms with Crippen LogP contribution in [0.5, 0.6) is 5.75 Å². The van der Waals surface area contributed by atoms with Gasteiger partial charge in [0.05, 0.1) is 6.61 Å². The van der Waals surface area contributed by atoms with Gasteiger partial charge in [0.15, 0.2) is 0 Å². The first-order chi connectivity index (χ1) is 8.17. The molecule has 0 amide bonds. The molecular weight excluding hydrogens is 278 g/mol. The molecule has 0 aliphatic carbocycles. The summed E-state index contributed by atoms with van der Waals surface area (Å²) in [6, 6.07) is 6.24. The highest BCUT2D eigenvalue weighted by Gasteiger charge is 2.07. The van der Waals surface area contributed by atoms with Crippen molar-refractivity contribution in [3.63, 3.8) is 0 Å². The molecule has 1 aromatic carbocycles. The number of hydrogen-bond acceptors (Lipinski definition) is 2. The SMILES string of the molecule is C=CCCOc1ccc(Br)c(CC(N)CC)c1. The summed E-state index contributed by atoms with van der Waals surface area (Å²) < 4.78 is 6.72. The van der Waals surface area contributed by atoms with Crippen molar-refractivity contribution in [2.24, 2.45) is 5.73 Å². The monoisotopic (exact) mass is 297 g/mol. The molecule has 2 nitrogen and oxygen atoms in total. The van der Waals surface area contributed by atoms with E-state index in [9.17, 15) is 0 Å². The second-order valence-electron chi connectivity index (χ2n) is 4.05. The first-order valence-corrected chi connectivity index (χ1v) is 6.74. The Morgan fingerprint density at radius 2 is 2.29 bits per heavy atom. The van der Waals surface area contributed by atoms with Crippen LogP contribution in [0.25, 0.3) is 0 Å². The number of hydrogen-bond donors (Lipinski definition) is 1. The lowest BCUT2D eigenvalue weighted by atomic mass is 10.0. The Hall–Kier alpha value is -0.800. The largest absolute Gasteiger partial charge is 0.493 e. The standard InChI is InChI=1S/C14H20BrNO/c1-3-5-8-17-13-6-7-14(15)11(10-13)9-12(16)4-2/h3,6-7,10,12H,1,4-5,8-9,16H2,2H3. The molecule has 0 fully saturated rings. The first-order valence-electron chi connectivity index (χ1n) is 5.95. The third kappa shape index (κ3) is 4.92. The topological polar surface area (TPSA) is 35.2 Å². The molecule has 0 radical (unpaired) electrons. The third-order valence-electron chi connectivity index (χ3n) is 2.61. The van der Waals surface area contributed by atoms with Gasteiger partial charge in [-0.1, -0.05) is 28.9 Å². The van der Waals surface area contributed by atoms with E-state index in [1.807, 2.05) is 18.2 Å². The van der Waals surface area contributed by atoms with Crippen LogP contribution in [-0.4, -0.2) is 12.6 Å². The Morgan fingerprint density at radius 1 is 1.53 bits per heavy atom. The van der Waals surface area contributed by atoms with E-state index in [0.717, 1.165) is 29.5 Å². The lowest BCUT2D eigenvalue weighted by Gasteiger charge is -2.12. The lowest BCUT2D eigenvalue weighted by Crippen LogP contribution is -2.21. The van der Waals surface area contributed by atoms with E-state index in [-0.39, 0.29) is 6.04 Å². The molecule has 0 spiro atoms. The minimum Gasteiger partial charge on any atom is -0.493 e. The molecular formula is C14H20BrNO. The summed E-state index contributed by atoms with van der Waals surface area (Å²) in [6.45, 7) is 6.44. The Morgan fingerprint density at radius 3 is 2.94 bits per heavy atom. The van der Waals surface area contributed by atoms with Crippen LogP contribution in [0.2, 0.25) is 0 Å². The number of rotatable bonds is 7. The van der Waals surface area contributed by atoms with E-state index < -0.39 is 0 Å². The van der Waals surface area contributed by atoms with Crippen LogP contribution in [0.4, 0.5) is 0 Å². The first kappa shape index (κ1) is 14.3. The van der Waals surface area contributed by atoms with Crippen molar-refractivity contribution in [2.75, 3.05) is 6.61 Å². The van der Waals surface area contributed by atoms with Crippen LogP contribution < -0.4 is 10.5 Å². The highest BCUT2D eigenvalue weighted by Crippen LogP contribution is 2.24. The van der Waals surface area contributed by atoms with Gasteiger partial charge >= 0.3 is 0 Å². The Labute approximate surface area is 112 Å². The van der Waals surface area contributed by atoms with Gasteiger partial charge in [-0.2, -0.15) is 0 Å². The quantitative estimate of drug-likeness (QED) is 0.615. The van der Waals surface area contributed by atoms with Crippen LogP contribution in [0.1, 0.15) is 25.3 Å². The molecule has 1 unspecified atom stereocenters. The van der Waals surface area contributed by atoms with Gasteiger partial charge in [-0.3, -0.25) is 0 Å². The van der Waals surface area contributed by atoms with Crippen LogP contribution >= 0.6 is 15.9 Å². The number of ether oxygens (including phenoxy) is 1. The zero-order valence-electron chi connectivity index (χ0n) is 10.3. The number of nitrogens with two attached hydrogens (primary N) is 1. The Kier molecular flexibility index (Phi) is 6.30. The van der Waals surface area contributed by atoms with Crippen molar-refractivity contribution in [1.29, 1.82) is 0 Å². The lowest BCUT2D eigenvalue weighted by molar-refractivity contribution is 0.324. The summed E-state index contributed by atoms with van der Waals surface area (Å²) in [5.41, 5.74) is 7.17. The fraction of sp³-hybridized carbons (Fsp3) is 0.429. The van der Waals surface area contributed by atoms with E-state index in [1.165, 1.54) is 5.56 Å². The van der Waals surface area contributed by atoms with Gasteiger partial charge in [0.2, 0.25) is 0 Å². The summed E-state index contributed by atoms with van der Waals surface area (Å²) in [5, 5.41) is 0. The van der Waals surface area contributed by atoms with Crippen molar-refractivity contribution >= 4 is 15.9 Å². The molecule has 1 rings (SSSR count). The molecule has 2 N–H and O–H groups in total. The zero-order valence-corrected chi connectivity index (χ0v) is 11.9. The van der Waals surface area contributed by atoms with Crippen LogP contribution in [0.3, 0.4) is 0 Å². The Bertz CT molecular complexity index is 365. The molecule has 0 aliphatic heterocycles. The fourth-order valence-electron chi connectivity index (χ4n) is 1.48. The van der Waals surface area contributed by atoms with E-state index in [0.29, 0.717) is 6.61 Å². The molecule has 0 heterocycles. The van der Waals surface area contributed by atoms with E-state index in [4.69, 9.17) is 10.5 Å². The van der Waals surface area contributed by atoms with Crippen LogP contribution in [-0.2, 0) is 6.42 Å². The van der Waals surface area contributed by atoms with Gasteiger partial charge in [-0.15, -0.1) is 6.58 Å². The van der Waals surface area contributed by atoms with Gasteiger partial charge in [0.1, 0.15) is 5.75 Å². The third-order valence-corrected chi connectivity index (χ3v) is 3.39. The van der Waals surface area contributed by atoms with Gasteiger partial charge in [0, 0.05) is 10.5 Å². The van der Waals surface area contributed by atoms with Crippen LogP contribution in [0.15, 0.2) is 35.3 Å². The van der Waals surface area contributed by atoms with Crippen molar-refractivity contribution < 1.29 is 4.74 Å². The molecule has 0 saturated carbocycles. The summed E-state index contributed by atoms with van der Waals surface area (Å²) in [7, 11) is 0. The second-order valence-corrected chi connectivity index (χ2v) is 4.91. The molecule has 0 bridgehead atoms. The summed E-state index contributed by atoms with van der Waals surface area (Å²) in [4.78, 5) is 0. The maximum atomic E-state index is 5.97. The molecule has 0 aromatic heterocycles. The normalized spacial score (nSPS) is 12.2. The molecule has 17 heavy (non-hydrogen) atoms. The summed E-state index contributed by atoms with van der Waals surface area (Å²) >= 11 is 3.54. The maximum absolute atomic E-state index is 5.97. The van der Waals surface area contributed by atoms with Gasteiger partial charge in [0.25, 0.3) is 0 Å². The highest BCUT2D eigenvalue weighted by atomic mass is 79.9. The molecule has 1 atom stereocenters. The van der Waals surface area contributed by atoms with Crippen molar-refractivity contribution in [3.05, 3.63) is 40.9 Å². The van der Waals surface area contributed by atoms with E-state index in [1.54, 1.807) is 0 Å².